The highest BCUT2D eigenvalue weighted by molar-refractivity contribution is 7.88. The predicted molar refractivity (Wildman–Crippen MR) is 90.9 cm³/mol. The number of sulfonamides is 1. The van der Waals surface area contributed by atoms with Gasteiger partial charge in [0.25, 0.3) is 0 Å². The molecule has 7 heteroatoms. The van der Waals surface area contributed by atoms with Gasteiger partial charge in [0.1, 0.15) is 0 Å². The fourth-order valence-corrected chi connectivity index (χ4v) is 5.74. The second-order valence-corrected chi connectivity index (χ2v) is 9.03. The van der Waals surface area contributed by atoms with E-state index in [2.05, 4.69) is 0 Å². The monoisotopic (exact) mass is 352 g/mol. The third kappa shape index (κ3) is 3.20. The van der Waals surface area contributed by atoms with E-state index in [4.69, 9.17) is 0 Å². The van der Waals surface area contributed by atoms with E-state index in [1.165, 1.54) is 4.31 Å². The molecule has 0 radical (unpaired) electrons. The summed E-state index contributed by atoms with van der Waals surface area (Å²) in [5, 5.41) is 9.77. The molecule has 1 aromatic rings. The fraction of sp³-hybridized carbons (Fsp3) is 0.588. The van der Waals surface area contributed by atoms with Gasteiger partial charge in [0.2, 0.25) is 10.0 Å². The van der Waals surface area contributed by atoms with Crippen LogP contribution in [-0.2, 0) is 20.6 Å². The van der Waals surface area contributed by atoms with Crippen LogP contribution in [0, 0.1) is 11.3 Å². The average Bonchev–Trinajstić information content (AvgIpc) is 2.72. The molecule has 2 aliphatic rings. The fourth-order valence-electron chi connectivity index (χ4n) is 4.13. The molecule has 0 spiro atoms. The van der Waals surface area contributed by atoms with Crippen molar-refractivity contribution < 1.29 is 18.3 Å². The van der Waals surface area contributed by atoms with Crippen LogP contribution in [0.25, 0.3) is 0 Å². The molecule has 1 N–H and O–H groups in total. The van der Waals surface area contributed by atoms with Gasteiger partial charge >= 0.3 is 5.97 Å². The van der Waals surface area contributed by atoms with Gasteiger partial charge in [-0.2, -0.15) is 0 Å². The molecule has 3 rings (SSSR count). The molecule has 0 aromatic heterocycles. The Kier molecular flexibility index (Phi) is 4.68. The molecule has 0 unspecified atom stereocenters. The van der Waals surface area contributed by atoms with Crippen LogP contribution in [0.5, 0.6) is 0 Å². The molecule has 6 nitrogen and oxygen atoms in total. The molecule has 132 valence electrons. The van der Waals surface area contributed by atoms with Gasteiger partial charge in [-0.3, -0.25) is 4.79 Å². The van der Waals surface area contributed by atoms with Gasteiger partial charge < -0.3 is 10.0 Å². The number of rotatable bonds is 4. The van der Waals surface area contributed by atoms with Crippen molar-refractivity contribution in [3.63, 3.8) is 0 Å². The van der Waals surface area contributed by atoms with Crippen molar-refractivity contribution in [2.24, 2.45) is 11.3 Å². The highest BCUT2D eigenvalue weighted by atomic mass is 32.2. The number of nitrogens with zero attached hydrogens (tertiary/aromatic N) is 2. The first kappa shape index (κ1) is 17.4. The van der Waals surface area contributed by atoms with Crippen molar-refractivity contribution in [1.82, 2.24) is 9.21 Å². The lowest BCUT2D eigenvalue weighted by atomic mass is 9.75. The van der Waals surface area contributed by atoms with Crippen LogP contribution in [0.1, 0.15) is 18.4 Å². The quantitative estimate of drug-likeness (QED) is 0.882. The number of hydrogen-bond donors (Lipinski definition) is 1. The van der Waals surface area contributed by atoms with E-state index in [9.17, 15) is 18.3 Å². The zero-order valence-corrected chi connectivity index (χ0v) is 14.7. The Morgan fingerprint density at radius 1 is 1.29 bits per heavy atom. The van der Waals surface area contributed by atoms with E-state index in [0.29, 0.717) is 39.0 Å². The standard InChI is InChI=1S/C17H24N2O4S/c1-18-10-15-11-19(9-5-8-17(15,13-18)16(20)21)24(22,23)12-14-6-3-2-4-7-14/h2-4,6-7,15H,5,8-13H2,1H3,(H,20,21)/t15-,17+/m0/s1. The molecule has 2 aliphatic heterocycles. The van der Waals surface area contributed by atoms with Crippen molar-refractivity contribution in [3.8, 4) is 0 Å². The largest absolute Gasteiger partial charge is 0.481 e. The summed E-state index contributed by atoms with van der Waals surface area (Å²) >= 11 is 0. The van der Waals surface area contributed by atoms with Crippen LogP contribution < -0.4 is 0 Å². The average molecular weight is 352 g/mol. The number of hydrogen-bond acceptors (Lipinski definition) is 4. The number of carbonyl (C=O) groups is 1. The lowest BCUT2D eigenvalue weighted by molar-refractivity contribution is -0.150. The van der Waals surface area contributed by atoms with Gasteiger partial charge in [-0.25, -0.2) is 12.7 Å². The van der Waals surface area contributed by atoms with E-state index >= 15 is 0 Å². The summed E-state index contributed by atoms with van der Waals surface area (Å²) in [4.78, 5) is 13.9. The number of carboxylic acids is 1. The molecule has 2 fully saturated rings. The van der Waals surface area contributed by atoms with Gasteiger partial charge in [0.15, 0.2) is 0 Å². The number of benzene rings is 1. The van der Waals surface area contributed by atoms with Crippen LogP contribution in [0.2, 0.25) is 0 Å². The van der Waals surface area contributed by atoms with Gasteiger partial charge in [-0.05, 0) is 25.5 Å². The van der Waals surface area contributed by atoms with Gasteiger partial charge in [0, 0.05) is 32.1 Å². The minimum Gasteiger partial charge on any atom is -0.481 e. The first-order valence-electron chi connectivity index (χ1n) is 8.27. The summed E-state index contributed by atoms with van der Waals surface area (Å²) < 4.78 is 27.1. The van der Waals surface area contributed by atoms with Crippen LogP contribution >= 0.6 is 0 Å². The molecule has 2 atom stereocenters. The summed E-state index contributed by atoms with van der Waals surface area (Å²) in [6.07, 6.45) is 1.12. The highest BCUT2D eigenvalue weighted by Crippen LogP contribution is 2.42. The van der Waals surface area contributed by atoms with Crippen molar-refractivity contribution in [3.05, 3.63) is 35.9 Å². The van der Waals surface area contributed by atoms with E-state index in [1.807, 2.05) is 30.1 Å². The first-order valence-corrected chi connectivity index (χ1v) is 9.88. The summed E-state index contributed by atoms with van der Waals surface area (Å²) in [7, 11) is -1.54. The Bertz CT molecular complexity index is 707. The summed E-state index contributed by atoms with van der Waals surface area (Å²) in [5.74, 6) is -0.983. The maximum atomic E-state index is 12.8. The Morgan fingerprint density at radius 2 is 2.00 bits per heavy atom. The van der Waals surface area contributed by atoms with Gasteiger partial charge in [-0.1, -0.05) is 30.3 Å². The second-order valence-electron chi connectivity index (χ2n) is 7.06. The molecule has 0 bridgehead atoms. The second kappa shape index (κ2) is 6.46. The third-order valence-electron chi connectivity index (χ3n) is 5.33. The zero-order chi connectivity index (χ0) is 17.4. The maximum absolute atomic E-state index is 12.8. The molecule has 1 aromatic carbocycles. The summed E-state index contributed by atoms with van der Waals surface area (Å²) in [6, 6.07) is 9.13. The Balaban J connectivity index is 1.82. The van der Waals surface area contributed by atoms with E-state index < -0.39 is 21.4 Å². The van der Waals surface area contributed by atoms with Crippen molar-refractivity contribution in [2.45, 2.75) is 18.6 Å². The minimum atomic E-state index is -3.45. The number of carboxylic acid groups (broad SMARTS) is 1. The van der Waals surface area contributed by atoms with Crippen LogP contribution in [-0.4, -0.2) is 61.9 Å². The smallest absolute Gasteiger partial charge is 0.311 e. The maximum Gasteiger partial charge on any atom is 0.311 e. The Morgan fingerprint density at radius 3 is 2.67 bits per heavy atom. The Hall–Kier alpha value is -1.44. The van der Waals surface area contributed by atoms with E-state index in [0.717, 1.165) is 5.56 Å². The highest BCUT2D eigenvalue weighted by Gasteiger charge is 2.53. The normalized spacial score (nSPS) is 29.1. The first-order chi connectivity index (χ1) is 11.3. The number of likely N-dealkylation sites (tertiary alicyclic amines) is 1. The minimum absolute atomic E-state index is 0.0313. The van der Waals surface area contributed by atoms with Crippen LogP contribution in [0.4, 0.5) is 0 Å². The molecule has 24 heavy (non-hydrogen) atoms. The Labute approximate surface area is 143 Å². The molecule has 2 heterocycles. The summed E-state index contributed by atoms with van der Waals surface area (Å²) in [5.41, 5.74) is -0.0547. The van der Waals surface area contributed by atoms with E-state index in [-0.39, 0.29) is 11.7 Å². The lowest BCUT2D eigenvalue weighted by Gasteiger charge is -2.29. The topological polar surface area (TPSA) is 77.9 Å². The summed E-state index contributed by atoms with van der Waals surface area (Å²) in [6.45, 7) is 1.83. The molecule has 0 aliphatic carbocycles. The molecule has 0 saturated carbocycles. The molecule has 2 saturated heterocycles. The van der Waals surface area contributed by atoms with Crippen molar-refractivity contribution >= 4 is 16.0 Å². The number of aliphatic carboxylic acids is 1. The number of fused-ring (bicyclic) bond motifs is 1. The van der Waals surface area contributed by atoms with Crippen LogP contribution in [0.3, 0.4) is 0 Å². The van der Waals surface area contributed by atoms with Gasteiger partial charge in [-0.15, -0.1) is 0 Å². The zero-order valence-electron chi connectivity index (χ0n) is 13.9. The van der Waals surface area contributed by atoms with Crippen molar-refractivity contribution in [1.29, 1.82) is 0 Å². The van der Waals surface area contributed by atoms with Crippen molar-refractivity contribution in [2.75, 3.05) is 33.2 Å². The third-order valence-corrected chi connectivity index (χ3v) is 7.15. The predicted octanol–water partition coefficient (Wildman–Crippen LogP) is 1.24. The molecule has 0 amide bonds. The van der Waals surface area contributed by atoms with E-state index in [1.54, 1.807) is 12.1 Å². The molecular formula is C17H24N2O4S. The van der Waals surface area contributed by atoms with Gasteiger partial charge in [0.05, 0.1) is 11.2 Å². The molecular weight excluding hydrogens is 328 g/mol. The lowest BCUT2D eigenvalue weighted by Crippen LogP contribution is -2.42. The SMILES string of the molecule is CN1C[C@H]2CN(S(=O)(=O)Cc3ccccc3)CCC[C@@]2(C(=O)O)C1. The van der Waals surface area contributed by atoms with Crippen LogP contribution in [0.15, 0.2) is 30.3 Å².